The first-order valence-corrected chi connectivity index (χ1v) is 7.37. The molecule has 2 aromatic rings. The van der Waals surface area contributed by atoms with Gasteiger partial charge in [0.25, 0.3) is 5.56 Å². The average molecular weight is 336 g/mol. The van der Waals surface area contributed by atoms with Crippen LogP contribution in [-0.2, 0) is 17.8 Å². The molecule has 0 atom stereocenters. The number of methoxy groups -OCH3 is 1. The molecule has 24 heavy (non-hydrogen) atoms. The quantitative estimate of drug-likeness (QED) is 0.875. The summed E-state index contributed by atoms with van der Waals surface area (Å²) in [6.07, 6.45) is -0.192. The van der Waals surface area contributed by atoms with E-state index in [-0.39, 0.29) is 30.6 Å². The lowest BCUT2D eigenvalue weighted by Gasteiger charge is -2.12. The van der Waals surface area contributed by atoms with Gasteiger partial charge < -0.3 is 14.6 Å². The van der Waals surface area contributed by atoms with Gasteiger partial charge in [-0.1, -0.05) is 6.07 Å². The van der Waals surface area contributed by atoms with E-state index >= 15 is 0 Å². The van der Waals surface area contributed by atoms with Crippen molar-refractivity contribution in [3.05, 3.63) is 63.6 Å². The van der Waals surface area contributed by atoms with E-state index in [0.717, 1.165) is 12.1 Å². The third kappa shape index (κ3) is 4.41. The molecule has 0 saturated heterocycles. The summed E-state index contributed by atoms with van der Waals surface area (Å²) in [4.78, 5) is 23.8. The molecule has 0 spiro atoms. The van der Waals surface area contributed by atoms with Gasteiger partial charge in [0.15, 0.2) is 0 Å². The van der Waals surface area contributed by atoms with Gasteiger partial charge in [0.05, 0.1) is 13.5 Å². The minimum Gasteiger partial charge on any atom is -0.496 e. The van der Waals surface area contributed by atoms with Gasteiger partial charge in [0, 0.05) is 30.9 Å². The Labute approximate surface area is 137 Å². The second kappa shape index (κ2) is 7.72. The summed E-state index contributed by atoms with van der Waals surface area (Å²) >= 11 is 0. The number of carbonyl (C=O) groups excluding carboxylic acids is 1. The van der Waals surface area contributed by atoms with Crippen LogP contribution in [0.15, 0.2) is 35.1 Å². The van der Waals surface area contributed by atoms with Crippen molar-refractivity contribution < 1.29 is 18.3 Å². The van der Waals surface area contributed by atoms with Gasteiger partial charge in [-0.05, 0) is 24.6 Å². The number of aromatic nitrogens is 1. The van der Waals surface area contributed by atoms with Gasteiger partial charge in [-0.25, -0.2) is 8.78 Å². The number of nitrogens with one attached hydrogen (secondary N) is 1. The molecular formula is C17H18F2N2O3. The smallest absolute Gasteiger partial charge is 0.254 e. The lowest BCUT2D eigenvalue weighted by atomic mass is 10.1. The summed E-state index contributed by atoms with van der Waals surface area (Å²) in [5.41, 5.74) is 0.593. The van der Waals surface area contributed by atoms with Crippen LogP contribution in [0, 0.1) is 18.6 Å². The molecule has 1 heterocycles. The van der Waals surface area contributed by atoms with Gasteiger partial charge in [-0.15, -0.1) is 0 Å². The maximum atomic E-state index is 13.5. The van der Waals surface area contributed by atoms with Crippen LogP contribution in [0.1, 0.15) is 11.3 Å². The molecule has 0 aliphatic rings. The zero-order valence-corrected chi connectivity index (χ0v) is 13.4. The van der Waals surface area contributed by atoms with Crippen LogP contribution in [0.4, 0.5) is 8.78 Å². The number of ether oxygens (including phenoxy) is 1. The number of halogens is 2. The minimum absolute atomic E-state index is 0.117. The maximum absolute atomic E-state index is 13.5. The fourth-order valence-electron chi connectivity index (χ4n) is 2.31. The van der Waals surface area contributed by atoms with Gasteiger partial charge in [0.2, 0.25) is 5.91 Å². The largest absolute Gasteiger partial charge is 0.496 e. The molecular weight excluding hydrogens is 318 g/mol. The zero-order valence-electron chi connectivity index (χ0n) is 13.4. The summed E-state index contributed by atoms with van der Waals surface area (Å²) in [5, 5.41) is 2.61. The fourth-order valence-corrected chi connectivity index (χ4v) is 2.31. The van der Waals surface area contributed by atoms with E-state index in [1.54, 1.807) is 13.0 Å². The highest BCUT2D eigenvalue weighted by atomic mass is 19.1. The molecule has 0 unspecified atom stereocenters. The molecule has 0 radical (unpaired) electrons. The van der Waals surface area contributed by atoms with Crippen LogP contribution in [-0.4, -0.2) is 24.1 Å². The summed E-state index contributed by atoms with van der Waals surface area (Å²) in [6.45, 7) is 2.26. The van der Waals surface area contributed by atoms with Crippen LogP contribution >= 0.6 is 0 Å². The summed E-state index contributed by atoms with van der Waals surface area (Å²) in [5.74, 6) is -1.37. The maximum Gasteiger partial charge on any atom is 0.254 e. The van der Waals surface area contributed by atoms with Crippen molar-refractivity contribution in [2.24, 2.45) is 0 Å². The normalized spacial score (nSPS) is 10.5. The Morgan fingerprint density at radius 2 is 2.00 bits per heavy atom. The van der Waals surface area contributed by atoms with Crippen molar-refractivity contribution in [3.63, 3.8) is 0 Å². The molecule has 1 aromatic heterocycles. The third-order valence-corrected chi connectivity index (χ3v) is 3.57. The van der Waals surface area contributed by atoms with E-state index in [9.17, 15) is 18.4 Å². The van der Waals surface area contributed by atoms with E-state index in [2.05, 4.69) is 5.32 Å². The van der Waals surface area contributed by atoms with Gasteiger partial charge in [-0.3, -0.25) is 9.59 Å². The Kier molecular flexibility index (Phi) is 5.68. The Morgan fingerprint density at radius 1 is 1.25 bits per heavy atom. The van der Waals surface area contributed by atoms with Crippen LogP contribution in [0.5, 0.6) is 5.75 Å². The highest BCUT2D eigenvalue weighted by Crippen LogP contribution is 2.10. The second-order valence-electron chi connectivity index (χ2n) is 5.29. The highest BCUT2D eigenvalue weighted by molar-refractivity contribution is 5.78. The SMILES string of the molecule is COc1cc(C)n(CCNC(=O)Cc2ccc(F)cc2F)c(=O)c1. The number of hydrogen-bond donors (Lipinski definition) is 1. The number of benzene rings is 1. The zero-order chi connectivity index (χ0) is 17.7. The molecule has 0 fully saturated rings. The van der Waals surface area contributed by atoms with E-state index in [1.165, 1.54) is 23.8 Å². The molecule has 1 amide bonds. The van der Waals surface area contributed by atoms with Gasteiger partial charge in [0.1, 0.15) is 17.4 Å². The molecule has 0 saturated carbocycles. The average Bonchev–Trinajstić information content (AvgIpc) is 2.52. The van der Waals surface area contributed by atoms with E-state index in [0.29, 0.717) is 11.4 Å². The standard InChI is InChI=1S/C17H18F2N2O3/c1-11-7-14(24-2)10-17(23)21(11)6-5-20-16(22)8-12-3-4-13(18)9-15(12)19/h3-4,7,9-10H,5-6,8H2,1-2H3,(H,20,22). The highest BCUT2D eigenvalue weighted by Gasteiger charge is 2.09. The van der Waals surface area contributed by atoms with E-state index < -0.39 is 17.5 Å². The van der Waals surface area contributed by atoms with Gasteiger partial charge >= 0.3 is 0 Å². The molecule has 2 rings (SSSR count). The van der Waals surface area contributed by atoms with Crippen molar-refractivity contribution in [2.45, 2.75) is 19.9 Å². The Bertz CT molecular complexity index is 803. The molecule has 7 heteroatoms. The third-order valence-electron chi connectivity index (χ3n) is 3.57. The first kappa shape index (κ1) is 17.7. The topological polar surface area (TPSA) is 60.3 Å². The molecule has 128 valence electrons. The predicted octanol–water partition coefficient (Wildman–Crippen LogP) is 1.80. The van der Waals surface area contributed by atoms with Crippen LogP contribution < -0.4 is 15.6 Å². The van der Waals surface area contributed by atoms with Crippen molar-refractivity contribution >= 4 is 5.91 Å². The molecule has 0 bridgehead atoms. The molecule has 1 aromatic carbocycles. The number of rotatable bonds is 6. The monoisotopic (exact) mass is 336 g/mol. The minimum atomic E-state index is -0.757. The van der Waals surface area contributed by atoms with Crippen molar-refractivity contribution in [3.8, 4) is 5.75 Å². The lowest BCUT2D eigenvalue weighted by molar-refractivity contribution is -0.120. The Hall–Kier alpha value is -2.70. The second-order valence-corrected chi connectivity index (χ2v) is 5.29. The predicted molar refractivity (Wildman–Crippen MR) is 85.1 cm³/mol. The fraction of sp³-hybridized carbons (Fsp3) is 0.294. The van der Waals surface area contributed by atoms with Crippen molar-refractivity contribution in [1.29, 1.82) is 0 Å². The van der Waals surface area contributed by atoms with Crippen LogP contribution in [0.25, 0.3) is 0 Å². The van der Waals surface area contributed by atoms with E-state index in [4.69, 9.17) is 4.74 Å². The summed E-state index contributed by atoms with van der Waals surface area (Å²) in [6, 6.07) is 6.16. The Morgan fingerprint density at radius 3 is 2.62 bits per heavy atom. The van der Waals surface area contributed by atoms with Gasteiger partial charge in [-0.2, -0.15) is 0 Å². The summed E-state index contributed by atoms with van der Waals surface area (Å²) in [7, 11) is 1.48. The number of aryl methyl sites for hydroxylation is 1. The van der Waals surface area contributed by atoms with Crippen LogP contribution in [0.2, 0.25) is 0 Å². The van der Waals surface area contributed by atoms with Crippen molar-refractivity contribution in [2.75, 3.05) is 13.7 Å². The Balaban J connectivity index is 1.92. The first-order valence-electron chi connectivity index (χ1n) is 7.37. The molecule has 0 aliphatic heterocycles. The first-order chi connectivity index (χ1) is 11.4. The molecule has 5 nitrogen and oxygen atoms in total. The number of pyridine rings is 1. The van der Waals surface area contributed by atoms with Crippen LogP contribution in [0.3, 0.4) is 0 Å². The number of carbonyl (C=O) groups is 1. The molecule has 0 aliphatic carbocycles. The summed E-state index contributed by atoms with van der Waals surface area (Å²) < 4.78 is 32.8. The molecule has 1 N–H and O–H groups in total. The van der Waals surface area contributed by atoms with Crippen molar-refractivity contribution in [1.82, 2.24) is 9.88 Å². The lowest BCUT2D eigenvalue weighted by Crippen LogP contribution is -2.32. The number of amides is 1. The number of hydrogen-bond acceptors (Lipinski definition) is 3. The van der Waals surface area contributed by atoms with E-state index in [1.807, 2.05) is 0 Å². The number of nitrogens with zero attached hydrogens (tertiary/aromatic N) is 1.